The Morgan fingerprint density at radius 2 is 1.78 bits per heavy atom. The first-order valence-electron chi connectivity index (χ1n) is 9.04. The van der Waals surface area contributed by atoms with E-state index in [2.05, 4.69) is 38.1 Å². The summed E-state index contributed by atoms with van der Waals surface area (Å²) in [6.07, 6.45) is -0.489. The molecule has 0 aromatic heterocycles. The molecule has 3 aliphatic heterocycles. The molecule has 0 aliphatic carbocycles. The van der Waals surface area contributed by atoms with Gasteiger partial charge in [-0.25, -0.2) is 9.79 Å². The molecular formula is C18H23BrN6O2. The number of guanidine groups is 1. The SMILES string of the molecule is CN1CCN(C2=NC3C(C(=O)NC(=O)N3C)N2Cc2ccc(Br)cc2)CC1. The number of amides is 3. The zero-order valence-corrected chi connectivity index (χ0v) is 17.0. The molecule has 0 saturated carbocycles. The summed E-state index contributed by atoms with van der Waals surface area (Å²) in [5, 5.41) is 2.45. The summed E-state index contributed by atoms with van der Waals surface area (Å²) in [7, 11) is 3.79. The molecule has 1 aromatic rings. The maximum Gasteiger partial charge on any atom is 0.325 e. The molecule has 2 unspecified atom stereocenters. The lowest BCUT2D eigenvalue weighted by molar-refractivity contribution is -0.127. The zero-order chi connectivity index (χ0) is 19.1. The average Bonchev–Trinajstić information content (AvgIpc) is 3.02. The number of nitrogens with zero attached hydrogens (tertiary/aromatic N) is 5. The Morgan fingerprint density at radius 1 is 1.11 bits per heavy atom. The number of aliphatic imine (C=N–C) groups is 1. The average molecular weight is 435 g/mol. The molecule has 1 aromatic carbocycles. The van der Waals surface area contributed by atoms with Crippen LogP contribution in [0.2, 0.25) is 0 Å². The second-order valence-electron chi connectivity index (χ2n) is 7.24. The number of piperazine rings is 1. The summed E-state index contributed by atoms with van der Waals surface area (Å²) >= 11 is 3.46. The number of hydrogen-bond acceptors (Lipinski definition) is 6. The van der Waals surface area contributed by atoms with E-state index in [1.165, 1.54) is 4.90 Å². The Labute approximate surface area is 166 Å². The van der Waals surface area contributed by atoms with E-state index in [0.717, 1.165) is 42.2 Å². The van der Waals surface area contributed by atoms with Gasteiger partial charge < -0.3 is 19.6 Å². The largest absolute Gasteiger partial charge is 0.340 e. The highest BCUT2D eigenvalue weighted by Crippen LogP contribution is 2.28. The molecule has 3 heterocycles. The van der Waals surface area contributed by atoms with Gasteiger partial charge in [0.25, 0.3) is 5.91 Å². The molecule has 8 nitrogen and oxygen atoms in total. The molecule has 2 saturated heterocycles. The summed E-state index contributed by atoms with van der Waals surface area (Å²) in [6.45, 7) is 4.16. The minimum atomic E-state index is -0.508. The van der Waals surface area contributed by atoms with E-state index in [4.69, 9.17) is 4.99 Å². The topological polar surface area (TPSA) is 71.5 Å². The van der Waals surface area contributed by atoms with Crippen LogP contribution in [-0.2, 0) is 11.3 Å². The molecule has 9 heteroatoms. The number of hydrogen-bond donors (Lipinski definition) is 1. The fraction of sp³-hybridized carbons (Fsp3) is 0.500. The summed E-state index contributed by atoms with van der Waals surface area (Å²) in [4.78, 5) is 37.6. The fourth-order valence-corrected chi connectivity index (χ4v) is 4.00. The van der Waals surface area contributed by atoms with Crippen molar-refractivity contribution in [2.75, 3.05) is 40.3 Å². The molecule has 0 radical (unpaired) electrons. The molecule has 3 amide bonds. The Bertz CT molecular complexity index is 775. The zero-order valence-electron chi connectivity index (χ0n) is 15.4. The van der Waals surface area contributed by atoms with Crippen LogP contribution < -0.4 is 5.32 Å². The first-order chi connectivity index (χ1) is 12.9. The minimum absolute atomic E-state index is 0.284. The highest BCUT2D eigenvalue weighted by molar-refractivity contribution is 9.10. The van der Waals surface area contributed by atoms with E-state index in [1.807, 2.05) is 29.2 Å². The number of rotatable bonds is 2. The van der Waals surface area contributed by atoms with Crippen LogP contribution >= 0.6 is 15.9 Å². The number of carbonyl (C=O) groups is 2. The van der Waals surface area contributed by atoms with Gasteiger partial charge >= 0.3 is 6.03 Å². The molecule has 2 atom stereocenters. The Kier molecular flexibility index (Phi) is 4.81. The number of fused-ring (bicyclic) bond motifs is 1. The van der Waals surface area contributed by atoms with E-state index >= 15 is 0 Å². The lowest BCUT2D eigenvalue weighted by atomic mass is 10.1. The number of nitrogens with one attached hydrogen (secondary N) is 1. The normalized spacial score (nSPS) is 26.2. The first-order valence-corrected chi connectivity index (χ1v) is 9.83. The smallest absolute Gasteiger partial charge is 0.325 e. The molecule has 2 fully saturated rings. The molecule has 3 aliphatic rings. The van der Waals surface area contributed by atoms with Gasteiger partial charge in [0.15, 0.2) is 18.2 Å². The van der Waals surface area contributed by atoms with Gasteiger partial charge in [0.05, 0.1) is 0 Å². The summed E-state index contributed by atoms with van der Waals surface area (Å²) in [5.74, 6) is 0.519. The highest BCUT2D eigenvalue weighted by atomic mass is 79.9. The van der Waals surface area contributed by atoms with Gasteiger partial charge in [-0.2, -0.15) is 0 Å². The molecule has 0 bridgehead atoms. The lowest BCUT2D eigenvalue weighted by Gasteiger charge is -2.39. The van der Waals surface area contributed by atoms with Crippen LogP contribution in [0.3, 0.4) is 0 Å². The molecule has 4 rings (SSSR count). The van der Waals surface area contributed by atoms with Crippen molar-refractivity contribution in [1.82, 2.24) is 24.9 Å². The Hall–Kier alpha value is -2.13. The summed E-state index contributed by atoms with van der Waals surface area (Å²) in [5.41, 5.74) is 1.09. The van der Waals surface area contributed by atoms with E-state index < -0.39 is 18.2 Å². The maximum atomic E-state index is 12.7. The van der Waals surface area contributed by atoms with Crippen LogP contribution in [0.25, 0.3) is 0 Å². The minimum Gasteiger partial charge on any atom is -0.340 e. The molecule has 27 heavy (non-hydrogen) atoms. The van der Waals surface area contributed by atoms with Gasteiger partial charge in [-0.1, -0.05) is 28.1 Å². The third-order valence-electron chi connectivity index (χ3n) is 5.39. The predicted molar refractivity (Wildman–Crippen MR) is 105 cm³/mol. The summed E-state index contributed by atoms with van der Waals surface area (Å²) in [6, 6.07) is 7.15. The van der Waals surface area contributed by atoms with Crippen LogP contribution in [0.1, 0.15) is 5.56 Å². The van der Waals surface area contributed by atoms with Crippen molar-refractivity contribution in [2.24, 2.45) is 4.99 Å². The maximum absolute atomic E-state index is 12.7. The van der Waals surface area contributed by atoms with Crippen molar-refractivity contribution in [3.8, 4) is 0 Å². The third-order valence-corrected chi connectivity index (χ3v) is 5.92. The summed E-state index contributed by atoms with van der Waals surface area (Å²) < 4.78 is 1.01. The van der Waals surface area contributed by atoms with Crippen molar-refractivity contribution in [3.63, 3.8) is 0 Å². The van der Waals surface area contributed by atoms with Gasteiger partial charge in [-0.15, -0.1) is 0 Å². The second-order valence-corrected chi connectivity index (χ2v) is 8.15. The number of likely N-dealkylation sites (N-methyl/N-ethyl adjacent to an activating group) is 2. The van der Waals surface area contributed by atoms with Crippen molar-refractivity contribution < 1.29 is 9.59 Å². The Balaban J connectivity index is 1.65. The van der Waals surface area contributed by atoms with Crippen molar-refractivity contribution >= 4 is 33.8 Å². The molecule has 1 N–H and O–H groups in total. The van der Waals surface area contributed by atoms with Crippen LogP contribution in [0.15, 0.2) is 33.7 Å². The van der Waals surface area contributed by atoms with E-state index in [0.29, 0.717) is 6.54 Å². The fourth-order valence-electron chi connectivity index (χ4n) is 3.74. The number of urea groups is 1. The van der Waals surface area contributed by atoms with Gasteiger partial charge in [-0.05, 0) is 24.7 Å². The quantitative estimate of drug-likeness (QED) is 0.743. The first kappa shape index (κ1) is 18.2. The predicted octanol–water partition coefficient (Wildman–Crippen LogP) is 0.744. The van der Waals surface area contributed by atoms with Crippen LogP contribution in [-0.4, -0.2) is 90.0 Å². The van der Waals surface area contributed by atoms with Gasteiger partial charge in [0.1, 0.15) is 0 Å². The van der Waals surface area contributed by atoms with Crippen molar-refractivity contribution in [2.45, 2.75) is 18.8 Å². The number of carbonyl (C=O) groups excluding carboxylic acids is 2. The standard InChI is InChI=1S/C18H23BrN6O2/c1-22-7-9-24(10-8-22)17-20-15-14(16(26)21-18(27)23(15)2)25(17)11-12-3-5-13(19)6-4-12/h3-6,14-15H,7-11H2,1-2H3,(H,21,26,27). The van der Waals surface area contributed by atoms with Crippen molar-refractivity contribution in [3.05, 3.63) is 34.3 Å². The molecule has 0 spiro atoms. The van der Waals surface area contributed by atoms with Crippen LogP contribution in [0.5, 0.6) is 0 Å². The monoisotopic (exact) mass is 434 g/mol. The van der Waals surface area contributed by atoms with Gasteiger partial charge in [0, 0.05) is 44.2 Å². The highest BCUT2D eigenvalue weighted by Gasteiger charge is 2.49. The van der Waals surface area contributed by atoms with Gasteiger partial charge in [0.2, 0.25) is 0 Å². The van der Waals surface area contributed by atoms with E-state index in [1.54, 1.807) is 7.05 Å². The van der Waals surface area contributed by atoms with E-state index in [-0.39, 0.29) is 5.91 Å². The number of imide groups is 1. The van der Waals surface area contributed by atoms with Crippen molar-refractivity contribution in [1.29, 1.82) is 0 Å². The van der Waals surface area contributed by atoms with Crippen LogP contribution in [0.4, 0.5) is 4.79 Å². The number of halogens is 1. The molecular weight excluding hydrogens is 412 g/mol. The van der Waals surface area contributed by atoms with Crippen LogP contribution in [0, 0.1) is 0 Å². The second kappa shape index (κ2) is 7.12. The Morgan fingerprint density at radius 3 is 2.44 bits per heavy atom. The number of benzene rings is 1. The van der Waals surface area contributed by atoms with E-state index in [9.17, 15) is 9.59 Å². The van der Waals surface area contributed by atoms with Gasteiger partial charge in [-0.3, -0.25) is 10.1 Å². The third kappa shape index (κ3) is 3.41. The molecule has 144 valence electrons. The lowest BCUT2D eigenvalue weighted by Crippen LogP contribution is -2.64.